The van der Waals surface area contributed by atoms with Gasteiger partial charge in [0, 0.05) is 22.3 Å². The number of pyridine rings is 1. The van der Waals surface area contributed by atoms with Crippen molar-refractivity contribution < 1.29 is 14.9 Å². The predicted molar refractivity (Wildman–Crippen MR) is 108 cm³/mol. The van der Waals surface area contributed by atoms with Gasteiger partial charge in [-0.3, -0.25) is 0 Å². The molecule has 0 amide bonds. The highest BCUT2D eigenvalue weighted by Crippen LogP contribution is 2.43. The number of fused-ring (bicyclic) bond motifs is 3. The maximum atomic E-state index is 10.5. The van der Waals surface area contributed by atoms with Gasteiger partial charge in [0.1, 0.15) is 23.9 Å². The number of phenols is 2. The second-order valence-electron chi connectivity index (χ2n) is 6.73. The van der Waals surface area contributed by atoms with Crippen molar-refractivity contribution >= 4 is 0 Å². The van der Waals surface area contributed by atoms with Crippen LogP contribution in [-0.2, 0) is 6.61 Å². The Bertz CT molecular complexity index is 1200. The van der Waals surface area contributed by atoms with Crippen LogP contribution in [0.5, 0.6) is 17.2 Å². The van der Waals surface area contributed by atoms with Crippen LogP contribution in [0.25, 0.3) is 33.6 Å². The van der Waals surface area contributed by atoms with Gasteiger partial charge in [-0.1, -0.05) is 42.5 Å². The van der Waals surface area contributed by atoms with Crippen molar-refractivity contribution in [2.75, 3.05) is 0 Å². The molecule has 1 aromatic heterocycles. The molecule has 0 unspecified atom stereocenters. The zero-order valence-corrected chi connectivity index (χ0v) is 15.0. The standard InChI is InChI=1S/C24H17NO3/c26-16-7-5-6-15(12-16)21-13-19(17-8-1-3-10-22(17)27)20-14-28-23-11-4-2-9-18(23)24(20)25-21/h1-13,26-27H,14H2. The molecule has 1 aliphatic rings. The lowest BCUT2D eigenvalue weighted by atomic mass is 9.92. The molecule has 0 fully saturated rings. The summed E-state index contributed by atoms with van der Waals surface area (Å²) in [7, 11) is 0. The fraction of sp³-hybridized carbons (Fsp3) is 0.0417. The summed E-state index contributed by atoms with van der Waals surface area (Å²) in [6, 6.07) is 24.0. The van der Waals surface area contributed by atoms with Crippen LogP contribution in [-0.4, -0.2) is 15.2 Å². The van der Waals surface area contributed by atoms with Crippen LogP contribution in [0.3, 0.4) is 0 Å². The summed E-state index contributed by atoms with van der Waals surface area (Å²) >= 11 is 0. The molecule has 0 radical (unpaired) electrons. The summed E-state index contributed by atoms with van der Waals surface area (Å²) in [5.74, 6) is 1.18. The molecule has 0 bridgehead atoms. The molecule has 3 aromatic carbocycles. The van der Waals surface area contributed by atoms with Crippen molar-refractivity contribution in [3.05, 3.63) is 84.4 Å². The molecule has 4 heteroatoms. The average Bonchev–Trinajstić information content (AvgIpc) is 2.73. The molecular weight excluding hydrogens is 350 g/mol. The van der Waals surface area contributed by atoms with E-state index in [1.807, 2.05) is 48.5 Å². The van der Waals surface area contributed by atoms with Crippen molar-refractivity contribution in [3.63, 3.8) is 0 Å². The smallest absolute Gasteiger partial charge is 0.129 e. The minimum atomic E-state index is 0.185. The lowest BCUT2D eigenvalue weighted by Crippen LogP contribution is -2.09. The number of para-hydroxylation sites is 2. The van der Waals surface area contributed by atoms with E-state index in [-0.39, 0.29) is 11.5 Å². The first-order chi connectivity index (χ1) is 13.7. The molecule has 2 N–H and O–H groups in total. The van der Waals surface area contributed by atoms with Crippen LogP contribution in [0.1, 0.15) is 5.56 Å². The summed E-state index contributed by atoms with van der Waals surface area (Å²) in [6.07, 6.45) is 0. The minimum Gasteiger partial charge on any atom is -0.508 e. The van der Waals surface area contributed by atoms with Gasteiger partial charge in [0.25, 0.3) is 0 Å². The van der Waals surface area contributed by atoms with Crippen LogP contribution in [0.15, 0.2) is 78.9 Å². The van der Waals surface area contributed by atoms with E-state index in [2.05, 4.69) is 0 Å². The first kappa shape index (κ1) is 16.4. The summed E-state index contributed by atoms with van der Waals surface area (Å²) in [4.78, 5) is 4.91. The summed E-state index contributed by atoms with van der Waals surface area (Å²) < 4.78 is 5.96. The van der Waals surface area contributed by atoms with Gasteiger partial charge in [-0.2, -0.15) is 0 Å². The van der Waals surface area contributed by atoms with Gasteiger partial charge in [-0.05, 0) is 42.0 Å². The monoisotopic (exact) mass is 367 g/mol. The number of rotatable bonds is 2. The second-order valence-corrected chi connectivity index (χ2v) is 6.73. The number of aromatic nitrogens is 1. The molecular formula is C24H17NO3. The number of ether oxygens (including phenoxy) is 1. The SMILES string of the molecule is Oc1cccc(-c2cc(-c3ccccc3O)c3c(n2)-c2ccccc2OC3)c1. The highest BCUT2D eigenvalue weighted by molar-refractivity contribution is 5.85. The van der Waals surface area contributed by atoms with E-state index in [0.717, 1.165) is 45.0 Å². The maximum absolute atomic E-state index is 10.5. The van der Waals surface area contributed by atoms with Crippen molar-refractivity contribution in [1.29, 1.82) is 0 Å². The summed E-state index contributed by atoms with van der Waals surface area (Å²) in [5.41, 5.74) is 5.82. The van der Waals surface area contributed by atoms with E-state index in [1.165, 1.54) is 0 Å². The van der Waals surface area contributed by atoms with Crippen LogP contribution >= 0.6 is 0 Å². The Morgan fingerprint density at radius 3 is 2.36 bits per heavy atom. The molecule has 0 atom stereocenters. The normalized spacial score (nSPS) is 12.0. The van der Waals surface area contributed by atoms with Crippen molar-refractivity contribution in [3.8, 4) is 50.9 Å². The Morgan fingerprint density at radius 1 is 0.750 bits per heavy atom. The number of phenolic OH excluding ortho intramolecular Hbond substituents is 2. The van der Waals surface area contributed by atoms with Crippen LogP contribution in [0.2, 0.25) is 0 Å². The van der Waals surface area contributed by atoms with Crippen molar-refractivity contribution in [1.82, 2.24) is 4.98 Å². The molecule has 0 spiro atoms. The quantitative estimate of drug-likeness (QED) is 0.499. The van der Waals surface area contributed by atoms with Gasteiger partial charge in [0.2, 0.25) is 0 Å². The summed E-state index contributed by atoms with van der Waals surface area (Å²) in [5, 5.41) is 20.4. The minimum absolute atomic E-state index is 0.185. The lowest BCUT2D eigenvalue weighted by molar-refractivity contribution is 0.302. The zero-order valence-electron chi connectivity index (χ0n) is 15.0. The predicted octanol–water partition coefficient (Wildman–Crippen LogP) is 5.39. The number of hydrogen-bond donors (Lipinski definition) is 2. The largest absolute Gasteiger partial charge is 0.508 e. The molecule has 28 heavy (non-hydrogen) atoms. The van der Waals surface area contributed by atoms with Gasteiger partial charge in [0.05, 0.1) is 11.4 Å². The van der Waals surface area contributed by atoms with Crippen LogP contribution < -0.4 is 4.74 Å². The van der Waals surface area contributed by atoms with E-state index in [0.29, 0.717) is 6.61 Å². The number of aromatic hydroxyl groups is 2. The molecule has 0 aliphatic carbocycles. The van der Waals surface area contributed by atoms with Crippen LogP contribution in [0, 0.1) is 0 Å². The fourth-order valence-corrected chi connectivity index (χ4v) is 3.63. The van der Waals surface area contributed by atoms with Crippen LogP contribution in [0.4, 0.5) is 0 Å². The van der Waals surface area contributed by atoms with E-state index >= 15 is 0 Å². The highest BCUT2D eigenvalue weighted by atomic mass is 16.5. The first-order valence-corrected chi connectivity index (χ1v) is 9.04. The van der Waals surface area contributed by atoms with E-state index in [1.54, 1.807) is 30.3 Å². The Labute approximate surface area is 162 Å². The number of nitrogens with zero attached hydrogens (tertiary/aromatic N) is 1. The van der Waals surface area contributed by atoms with Gasteiger partial charge in [0.15, 0.2) is 0 Å². The van der Waals surface area contributed by atoms with Crippen molar-refractivity contribution in [2.24, 2.45) is 0 Å². The molecule has 136 valence electrons. The molecule has 4 nitrogen and oxygen atoms in total. The number of hydrogen-bond acceptors (Lipinski definition) is 4. The third-order valence-electron chi connectivity index (χ3n) is 4.97. The highest BCUT2D eigenvalue weighted by Gasteiger charge is 2.24. The van der Waals surface area contributed by atoms with E-state index in [9.17, 15) is 10.2 Å². The summed E-state index contributed by atoms with van der Waals surface area (Å²) in [6.45, 7) is 0.378. The third-order valence-corrected chi connectivity index (χ3v) is 4.97. The van der Waals surface area contributed by atoms with Gasteiger partial charge >= 0.3 is 0 Å². The van der Waals surface area contributed by atoms with E-state index < -0.39 is 0 Å². The molecule has 2 heterocycles. The van der Waals surface area contributed by atoms with Gasteiger partial charge < -0.3 is 14.9 Å². The average molecular weight is 367 g/mol. The maximum Gasteiger partial charge on any atom is 0.129 e. The fourth-order valence-electron chi connectivity index (χ4n) is 3.63. The molecule has 0 saturated carbocycles. The molecule has 5 rings (SSSR count). The lowest BCUT2D eigenvalue weighted by Gasteiger charge is -2.24. The van der Waals surface area contributed by atoms with Gasteiger partial charge in [-0.15, -0.1) is 0 Å². The molecule has 4 aromatic rings. The Kier molecular flexibility index (Phi) is 3.76. The van der Waals surface area contributed by atoms with E-state index in [4.69, 9.17) is 9.72 Å². The second kappa shape index (κ2) is 6.43. The zero-order chi connectivity index (χ0) is 19.1. The Balaban J connectivity index is 1.83. The van der Waals surface area contributed by atoms with Crippen molar-refractivity contribution in [2.45, 2.75) is 6.61 Å². The third kappa shape index (κ3) is 2.67. The number of benzene rings is 3. The molecule has 0 saturated heterocycles. The molecule has 1 aliphatic heterocycles. The Hall–Kier alpha value is -3.79. The Morgan fingerprint density at radius 2 is 1.54 bits per heavy atom. The topological polar surface area (TPSA) is 62.6 Å². The van der Waals surface area contributed by atoms with Gasteiger partial charge in [-0.25, -0.2) is 4.98 Å². The first-order valence-electron chi connectivity index (χ1n) is 9.04.